The van der Waals surface area contributed by atoms with Gasteiger partial charge in [-0.1, -0.05) is 11.2 Å². The van der Waals surface area contributed by atoms with E-state index in [2.05, 4.69) is 15.5 Å². The average Bonchev–Trinajstić information content (AvgIpc) is 3.30. The maximum Gasteiger partial charge on any atom is 0.242 e. The fourth-order valence-electron chi connectivity index (χ4n) is 2.64. The second-order valence-corrected chi connectivity index (χ2v) is 6.15. The summed E-state index contributed by atoms with van der Waals surface area (Å²) in [6.45, 7) is 1.76. The molecule has 0 bridgehead atoms. The van der Waals surface area contributed by atoms with Gasteiger partial charge in [-0.3, -0.25) is 9.69 Å². The van der Waals surface area contributed by atoms with E-state index in [1.165, 1.54) is 0 Å². The molecule has 118 valence electrons. The Balaban J connectivity index is 1.56. The van der Waals surface area contributed by atoms with E-state index in [0.717, 1.165) is 11.4 Å². The van der Waals surface area contributed by atoms with Crippen LogP contribution in [0.4, 0.5) is 0 Å². The van der Waals surface area contributed by atoms with Crippen molar-refractivity contribution in [3.05, 3.63) is 46.7 Å². The van der Waals surface area contributed by atoms with Crippen LogP contribution in [0.5, 0.6) is 0 Å². The number of carbonyl (C=O) groups excluding carboxylic acids is 1. The van der Waals surface area contributed by atoms with E-state index in [1.54, 1.807) is 29.7 Å². The standard InChI is InChI=1S/C15H14N4O3S/c20-15-13(11-4-2-8-23-11)19(6-5-16-15)9-12-17-14(18-22-12)10-3-1-7-21-10/h1-4,7-8,13H,5-6,9H2,(H,16,20)/t13-/m0/s1. The number of furan rings is 1. The summed E-state index contributed by atoms with van der Waals surface area (Å²) in [6.07, 6.45) is 1.56. The summed E-state index contributed by atoms with van der Waals surface area (Å²) in [5, 5.41) is 8.80. The van der Waals surface area contributed by atoms with Crippen LogP contribution < -0.4 is 5.32 Å². The molecule has 1 atom stereocenters. The average molecular weight is 330 g/mol. The Kier molecular flexibility index (Phi) is 3.68. The smallest absolute Gasteiger partial charge is 0.242 e. The highest BCUT2D eigenvalue weighted by atomic mass is 32.1. The van der Waals surface area contributed by atoms with Crippen LogP contribution >= 0.6 is 11.3 Å². The summed E-state index contributed by atoms with van der Waals surface area (Å²) < 4.78 is 10.6. The molecule has 1 amide bonds. The lowest BCUT2D eigenvalue weighted by Gasteiger charge is -2.33. The topological polar surface area (TPSA) is 84.4 Å². The van der Waals surface area contributed by atoms with Gasteiger partial charge in [0.1, 0.15) is 6.04 Å². The number of nitrogens with one attached hydrogen (secondary N) is 1. The first kappa shape index (κ1) is 14.2. The van der Waals surface area contributed by atoms with Crippen molar-refractivity contribution in [3.8, 4) is 11.6 Å². The molecule has 1 fully saturated rings. The van der Waals surface area contributed by atoms with E-state index < -0.39 is 0 Å². The predicted octanol–water partition coefficient (Wildman–Crippen LogP) is 2.06. The van der Waals surface area contributed by atoms with Crippen LogP contribution in [-0.2, 0) is 11.3 Å². The number of aromatic nitrogens is 2. The second kappa shape index (κ2) is 5.98. The minimum Gasteiger partial charge on any atom is -0.461 e. The molecule has 0 spiro atoms. The number of piperazine rings is 1. The van der Waals surface area contributed by atoms with Crippen LogP contribution in [0.1, 0.15) is 16.8 Å². The lowest BCUT2D eigenvalue weighted by Crippen LogP contribution is -2.49. The van der Waals surface area contributed by atoms with Gasteiger partial charge in [-0.25, -0.2) is 0 Å². The molecule has 4 heterocycles. The first-order valence-electron chi connectivity index (χ1n) is 7.23. The van der Waals surface area contributed by atoms with Crippen molar-refractivity contribution >= 4 is 17.2 Å². The van der Waals surface area contributed by atoms with Gasteiger partial charge in [0.25, 0.3) is 0 Å². The summed E-state index contributed by atoms with van der Waals surface area (Å²) in [5.41, 5.74) is 0. The van der Waals surface area contributed by atoms with Crippen LogP contribution in [0.3, 0.4) is 0 Å². The lowest BCUT2D eigenvalue weighted by molar-refractivity contribution is -0.129. The first-order chi connectivity index (χ1) is 11.3. The van der Waals surface area contributed by atoms with E-state index >= 15 is 0 Å². The molecule has 1 aliphatic rings. The van der Waals surface area contributed by atoms with Crippen LogP contribution in [0.25, 0.3) is 11.6 Å². The van der Waals surface area contributed by atoms with E-state index in [4.69, 9.17) is 8.94 Å². The Bertz CT molecular complexity index is 782. The van der Waals surface area contributed by atoms with Crippen LogP contribution in [-0.4, -0.2) is 34.0 Å². The molecular weight excluding hydrogens is 316 g/mol. The van der Waals surface area contributed by atoms with E-state index in [0.29, 0.717) is 30.6 Å². The van der Waals surface area contributed by atoms with Gasteiger partial charge in [0.2, 0.25) is 17.6 Å². The van der Waals surface area contributed by atoms with Gasteiger partial charge in [0.15, 0.2) is 5.76 Å². The Morgan fingerprint density at radius 3 is 3.13 bits per heavy atom. The van der Waals surface area contributed by atoms with Crippen molar-refractivity contribution in [3.63, 3.8) is 0 Å². The molecule has 4 rings (SSSR count). The summed E-state index contributed by atoms with van der Waals surface area (Å²) >= 11 is 1.57. The Hall–Kier alpha value is -2.45. The number of amides is 1. The Labute approximate surface area is 135 Å². The first-order valence-corrected chi connectivity index (χ1v) is 8.11. The predicted molar refractivity (Wildman–Crippen MR) is 82.5 cm³/mol. The van der Waals surface area contributed by atoms with Gasteiger partial charge >= 0.3 is 0 Å². The molecule has 1 saturated heterocycles. The van der Waals surface area contributed by atoms with Crippen LogP contribution in [0.2, 0.25) is 0 Å². The minimum absolute atomic E-state index is 0.00414. The molecule has 0 aromatic carbocycles. The van der Waals surface area contributed by atoms with Crippen molar-refractivity contribution in [2.24, 2.45) is 0 Å². The summed E-state index contributed by atoms with van der Waals surface area (Å²) in [5.74, 6) is 1.45. The van der Waals surface area contributed by atoms with Gasteiger partial charge < -0.3 is 14.3 Å². The number of hydrogen-bond acceptors (Lipinski definition) is 7. The monoisotopic (exact) mass is 330 g/mol. The maximum absolute atomic E-state index is 12.3. The molecule has 1 N–H and O–H groups in total. The van der Waals surface area contributed by atoms with Gasteiger partial charge in [-0.2, -0.15) is 4.98 Å². The maximum atomic E-state index is 12.3. The summed E-state index contributed by atoms with van der Waals surface area (Å²) in [6, 6.07) is 7.14. The number of rotatable bonds is 4. The zero-order valence-electron chi connectivity index (χ0n) is 12.1. The van der Waals surface area contributed by atoms with Gasteiger partial charge in [0, 0.05) is 18.0 Å². The van der Waals surface area contributed by atoms with Crippen molar-refractivity contribution in [2.75, 3.05) is 13.1 Å². The van der Waals surface area contributed by atoms with Crippen molar-refractivity contribution < 1.29 is 13.7 Å². The molecule has 7 nitrogen and oxygen atoms in total. The third kappa shape index (κ3) is 2.78. The van der Waals surface area contributed by atoms with Crippen LogP contribution in [0.15, 0.2) is 44.8 Å². The highest BCUT2D eigenvalue weighted by Gasteiger charge is 2.33. The quantitative estimate of drug-likeness (QED) is 0.788. The Morgan fingerprint density at radius 1 is 1.39 bits per heavy atom. The fourth-order valence-corrected chi connectivity index (χ4v) is 3.50. The van der Waals surface area contributed by atoms with Crippen molar-refractivity contribution in [2.45, 2.75) is 12.6 Å². The molecule has 23 heavy (non-hydrogen) atoms. The third-order valence-corrected chi connectivity index (χ3v) is 4.60. The molecule has 3 aromatic rings. The van der Waals surface area contributed by atoms with Gasteiger partial charge in [0.05, 0.1) is 12.8 Å². The van der Waals surface area contributed by atoms with E-state index in [9.17, 15) is 4.79 Å². The molecule has 1 aliphatic heterocycles. The molecule has 0 aliphatic carbocycles. The number of hydrogen-bond donors (Lipinski definition) is 1. The van der Waals surface area contributed by atoms with Crippen molar-refractivity contribution in [1.29, 1.82) is 0 Å². The van der Waals surface area contributed by atoms with E-state index in [1.807, 2.05) is 22.4 Å². The zero-order chi connectivity index (χ0) is 15.6. The fraction of sp³-hybridized carbons (Fsp3) is 0.267. The number of nitrogens with zero attached hydrogens (tertiary/aromatic N) is 3. The minimum atomic E-state index is -0.317. The summed E-state index contributed by atoms with van der Waals surface area (Å²) in [4.78, 5) is 19.7. The second-order valence-electron chi connectivity index (χ2n) is 5.17. The van der Waals surface area contributed by atoms with Gasteiger partial charge in [-0.15, -0.1) is 11.3 Å². The Morgan fingerprint density at radius 2 is 2.35 bits per heavy atom. The SMILES string of the molecule is O=C1NCCN(Cc2nc(-c3ccco3)no2)[C@H]1c1cccs1. The normalized spacial score (nSPS) is 19.0. The third-order valence-electron chi connectivity index (χ3n) is 3.67. The van der Waals surface area contributed by atoms with Crippen molar-refractivity contribution in [1.82, 2.24) is 20.4 Å². The number of carbonyl (C=O) groups is 1. The molecular formula is C15H14N4O3S. The van der Waals surface area contributed by atoms with E-state index in [-0.39, 0.29) is 11.9 Å². The molecule has 0 unspecified atom stereocenters. The number of thiophene rings is 1. The summed E-state index contributed by atoms with van der Waals surface area (Å²) in [7, 11) is 0. The molecule has 0 radical (unpaired) electrons. The lowest BCUT2D eigenvalue weighted by atomic mass is 10.1. The highest BCUT2D eigenvalue weighted by molar-refractivity contribution is 7.10. The highest BCUT2D eigenvalue weighted by Crippen LogP contribution is 2.28. The largest absolute Gasteiger partial charge is 0.461 e. The van der Waals surface area contributed by atoms with Crippen LogP contribution in [0, 0.1) is 0 Å². The molecule has 3 aromatic heterocycles. The van der Waals surface area contributed by atoms with Gasteiger partial charge in [-0.05, 0) is 23.6 Å². The molecule has 8 heteroatoms. The molecule has 0 saturated carbocycles. The zero-order valence-corrected chi connectivity index (χ0v) is 13.0.